The van der Waals surface area contributed by atoms with E-state index in [0.29, 0.717) is 35.3 Å². The zero-order chi connectivity index (χ0) is 23.0. The molecule has 32 heavy (non-hydrogen) atoms. The molecule has 166 valence electrons. The number of rotatable bonds is 6. The lowest BCUT2D eigenvalue weighted by Crippen LogP contribution is -2.29. The van der Waals surface area contributed by atoms with E-state index in [2.05, 4.69) is 5.32 Å². The van der Waals surface area contributed by atoms with Crippen LogP contribution in [0.3, 0.4) is 0 Å². The molecule has 9 heteroatoms. The van der Waals surface area contributed by atoms with Crippen LogP contribution in [0.1, 0.15) is 22.3 Å². The van der Waals surface area contributed by atoms with Gasteiger partial charge < -0.3 is 14.2 Å². The molecule has 0 saturated heterocycles. The molecule has 0 aliphatic carbocycles. The van der Waals surface area contributed by atoms with Gasteiger partial charge in [0.2, 0.25) is 15.9 Å². The molecule has 0 spiro atoms. The smallest absolute Gasteiger partial charge is 0.340 e. The van der Waals surface area contributed by atoms with Crippen molar-refractivity contribution in [3.63, 3.8) is 0 Å². The van der Waals surface area contributed by atoms with Gasteiger partial charge in [0.15, 0.2) is 0 Å². The molecule has 1 amide bonds. The van der Waals surface area contributed by atoms with E-state index in [-0.39, 0.29) is 17.2 Å². The van der Waals surface area contributed by atoms with Crippen LogP contribution in [0, 0.1) is 13.8 Å². The van der Waals surface area contributed by atoms with Gasteiger partial charge in [0, 0.05) is 23.4 Å². The predicted octanol–water partition coefficient (Wildman–Crippen LogP) is 2.70. The van der Waals surface area contributed by atoms with Crippen molar-refractivity contribution in [2.45, 2.75) is 31.6 Å². The maximum atomic E-state index is 12.5. The molecule has 0 aliphatic heterocycles. The van der Waals surface area contributed by atoms with Crippen molar-refractivity contribution in [3.8, 4) is 0 Å². The average molecular weight is 455 g/mol. The molecular weight excluding hydrogens is 432 g/mol. The number of carbonyl (C=O) groups is 1. The van der Waals surface area contributed by atoms with Crippen molar-refractivity contribution in [3.05, 3.63) is 75.3 Å². The number of furan rings is 1. The highest BCUT2D eigenvalue weighted by molar-refractivity contribution is 7.89. The summed E-state index contributed by atoms with van der Waals surface area (Å²) in [5.74, 6) is -0.304. The fraction of sp³-hybridized carbons (Fsp3) is 0.217. The van der Waals surface area contributed by atoms with Crippen LogP contribution in [0.25, 0.3) is 21.9 Å². The van der Waals surface area contributed by atoms with E-state index in [1.807, 2.05) is 13.0 Å². The molecule has 3 N–H and O–H groups in total. The van der Waals surface area contributed by atoms with Gasteiger partial charge in [-0.1, -0.05) is 12.1 Å². The van der Waals surface area contributed by atoms with Crippen molar-refractivity contribution >= 4 is 37.9 Å². The Morgan fingerprint density at radius 1 is 1.06 bits per heavy atom. The highest BCUT2D eigenvalue weighted by Gasteiger charge is 2.16. The van der Waals surface area contributed by atoms with E-state index in [9.17, 15) is 18.0 Å². The fourth-order valence-corrected chi connectivity index (χ4v) is 4.17. The van der Waals surface area contributed by atoms with Gasteiger partial charge in [-0.3, -0.25) is 4.79 Å². The van der Waals surface area contributed by atoms with E-state index >= 15 is 0 Å². The van der Waals surface area contributed by atoms with Crippen molar-refractivity contribution in [2.75, 3.05) is 6.54 Å². The summed E-state index contributed by atoms with van der Waals surface area (Å²) < 4.78 is 33.5. The SMILES string of the molecule is Cc1coc2cc3oc(=O)c(CC(=O)NCCc4ccc(S(N)(=O)=O)cc4)c(C)c3cc12. The summed E-state index contributed by atoms with van der Waals surface area (Å²) in [5.41, 5.74) is 3.34. The molecule has 2 aromatic carbocycles. The van der Waals surface area contributed by atoms with Crippen LogP contribution in [-0.2, 0) is 27.7 Å². The molecular formula is C23H22N2O6S. The summed E-state index contributed by atoms with van der Waals surface area (Å²) in [6.45, 7) is 4.07. The van der Waals surface area contributed by atoms with E-state index in [4.69, 9.17) is 14.0 Å². The second kappa shape index (κ2) is 8.25. The molecule has 4 rings (SSSR count). The lowest BCUT2D eigenvalue weighted by molar-refractivity contribution is -0.120. The van der Waals surface area contributed by atoms with Gasteiger partial charge in [0.1, 0.15) is 11.2 Å². The van der Waals surface area contributed by atoms with E-state index in [1.165, 1.54) is 12.1 Å². The zero-order valence-electron chi connectivity index (χ0n) is 17.6. The van der Waals surface area contributed by atoms with Gasteiger partial charge >= 0.3 is 5.63 Å². The Labute approximate surface area is 184 Å². The highest BCUT2D eigenvalue weighted by Crippen LogP contribution is 2.28. The van der Waals surface area contributed by atoms with E-state index in [0.717, 1.165) is 21.9 Å². The lowest BCUT2D eigenvalue weighted by atomic mass is 10.0. The zero-order valence-corrected chi connectivity index (χ0v) is 18.4. The third kappa shape index (κ3) is 4.30. The van der Waals surface area contributed by atoms with Gasteiger partial charge in [-0.15, -0.1) is 0 Å². The minimum Gasteiger partial charge on any atom is -0.464 e. The first-order chi connectivity index (χ1) is 15.1. The molecule has 0 radical (unpaired) electrons. The number of nitrogens with one attached hydrogen (secondary N) is 1. The number of sulfonamides is 1. The van der Waals surface area contributed by atoms with Crippen LogP contribution in [0.4, 0.5) is 0 Å². The number of nitrogens with two attached hydrogens (primary N) is 1. The predicted molar refractivity (Wildman–Crippen MR) is 120 cm³/mol. The third-order valence-corrected chi connectivity index (χ3v) is 6.43. The first-order valence-electron chi connectivity index (χ1n) is 9.96. The second-order valence-corrected chi connectivity index (χ2v) is 9.28. The number of amides is 1. The van der Waals surface area contributed by atoms with E-state index in [1.54, 1.807) is 31.4 Å². The maximum Gasteiger partial charge on any atom is 0.340 e. The summed E-state index contributed by atoms with van der Waals surface area (Å²) in [7, 11) is -3.74. The third-order valence-electron chi connectivity index (χ3n) is 5.50. The summed E-state index contributed by atoms with van der Waals surface area (Å²) in [5, 5.41) is 9.56. The highest BCUT2D eigenvalue weighted by atomic mass is 32.2. The summed E-state index contributed by atoms with van der Waals surface area (Å²) >= 11 is 0. The minimum atomic E-state index is -3.74. The number of primary sulfonamides is 1. The van der Waals surface area contributed by atoms with Crippen molar-refractivity contribution in [2.24, 2.45) is 5.14 Å². The number of hydrogen-bond acceptors (Lipinski definition) is 6. The Balaban J connectivity index is 1.47. The number of fused-ring (bicyclic) bond motifs is 2. The molecule has 0 saturated carbocycles. The van der Waals surface area contributed by atoms with E-state index < -0.39 is 15.6 Å². The van der Waals surface area contributed by atoms with Gasteiger partial charge in [-0.05, 0) is 55.2 Å². The standard InChI is InChI=1S/C23H22N2O6S/c1-13-12-30-20-11-21-18(9-17(13)20)14(2)19(23(27)31-21)10-22(26)25-8-7-15-3-5-16(6-4-15)32(24,28)29/h3-6,9,11-12H,7-8,10H2,1-2H3,(H,25,26)(H2,24,28,29). The van der Waals surface area contributed by atoms with Gasteiger partial charge in [-0.2, -0.15) is 0 Å². The quantitative estimate of drug-likeness (QED) is 0.431. The first-order valence-corrected chi connectivity index (χ1v) is 11.5. The molecule has 0 aliphatic rings. The van der Waals surface area contributed by atoms with Crippen LogP contribution in [-0.4, -0.2) is 20.9 Å². The molecule has 0 atom stereocenters. The molecule has 2 heterocycles. The average Bonchev–Trinajstić information content (AvgIpc) is 3.09. The van der Waals surface area contributed by atoms with Gasteiger partial charge in [0.25, 0.3) is 0 Å². The monoisotopic (exact) mass is 454 g/mol. The fourth-order valence-electron chi connectivity index (χ4n) is 3.66. The molecule has 4 aromatic rings. The Morgan fingerprint density at radius 3 is 2.47 bits per heavy atom. The topological polar surface area (TPSA) is 133 Å². The van der Waals surface area contributed by atoms with Crippen molar-refractivity contribution in [1.82, 2.24) is 5.32 Å². The number of carbonyl (C=O) groups excluding carboxylic acids is 1. The summed E-state index contributed by atoms with van der Waals surface area (Å²) in [6, 6.07) is 9.74. The van der Waals surface area contributed by atoms with Crippen LogP contribution in [0.2, 0.25) is 0 Å². The number of benzene rings is 2. The molecule has 2 aromatic heterocycles. The normalized spacial score (nSPS) is 11.8. The van der Waals surface area contributed by atoms with Crippen molar-refractivity contribution < 1.29 is 22.0 Å². The number of hydrogen-bond donors (Lipinski definition) is 2. The van der Waals surface area contributed by atoms with Crippen LogP contribution < -0.4 is 16.1 Å². The molecule has 0 bridgehead atoms. The molecule has 8 nitrogen and oxygen atoms in total. The number of aryl methyl sites for hydroxylation is 2. The minimum absolute atomic E-state index is 0.0340. The van der Waals surface area contributed by atoms with Crippen LogP contribution in [0.5, 0.6) is 0 Å². The molecule has 0 fully saturated rings. The van der Waals surface area contributed by atoms with Crippen molar-refractivity contribution in [1.29, 1.82) is 0 Å². The summed E-state index contributed by atoms with van der Waals surface area (Å²) in [6.07, 6.45) is 2.05. The van der Waals surface area contributed by atoms with Crippen LogP contribution in [0.15, 0.2) is 61.2 Å². The Hall–Kier alpha value is -3.43. The van der Waals surface area contributed by atoms with Gasteiger partial charge in [-0.25, -0.2) is 18.4 Å². The van der Waals surface area contributed by atoms with Gasteiger partial charge in [0.05, 0.1) is 23.1 Å². The Bertz CT molecular complexity index is 1500. The molecule has 0 unspecified atom stereocenters. The summed E-state index contributed by atoms with van der Waals surface area (Å²) in [4.78, 5) is 25.0. The first kappa shape index (κ1) is 21.8. The second-order valence-electron chi connectivity index (χ2n) is 7.72. The maximum absolute atomic E-state index is 12.5. The Kier molecular flexibility index (Phi) is 5.62. The Morgan fingerprint density at radius 2 is 1.78 bits per heavy atom. The lowest BCUT2D eigenvalue weighted by Gasteiger charge is -2.09. The largest absolute Gasteiger partial charge is 0.464 e. The van der Waals surface area contributed by atoms with Crippen LogP contribution >= 0.6 is 0 Å².